The van der Waals surface area contributed by atoms with E-state index in [9.17, 15) is 4.79 Å². The highest BCUT2D eigenvalue weighted by atomic mass is 79.9. The van der Waals surface area contributed by atoms with Crippen LogP contribution in [0.15, 0.2) is 33.9 Å². The number of halogens is 2. The third-order valence-electron chi connectivity index (χ3n) is 2.53. The van der Waals surface area contributed by atoms with Gasteiger partial charge in [-0.05, 0) is 40.4 Å². The zero-order valence-corrected chi connectivity index (χ0v) is 14.3. The van der Waals surface area contributed by atoms with Gasteiger partial charge in [0.1, 0.15) is 5.03 Å². The number of ether oxygens (including phenoxy) is 1. The summed E-state index contributed by atoms with van der Waals surface area (Å²) < 4.78 is 5.38. The van der Waals surface area contributed by atoms with Crippen molar-refractivity contribution in [1.82, 2.24) is 9.97 Å². The van der Waals surface area contributed by atoms with E-state index in [-0.39, 0.29) is 0 Å². The van der Waals surface area contributed by atoms with Crippen molar-refractivity contribution in [3.05, 3.63) is 39.5 Å². The molecule has 0 amide bonds. The van der Waals surface area contributed by atoms with Gasteiger partial charge in [0, 0.05) is 10.2 Å². The quantitative estimate of drug-likeness (QED) is 0.482. The molecule has 0 radical (unpaired) electrons. The molecule has 0 aliphatic heterocycles. The number of hydrogen-bond donors (Lipinski definition) is 1. The SMILES string of the molecule is COC(=O)c1cc(Nc2ncc(Cl)c(SC)n2)ccc1Br. The van der Waals surface area contributed by atoms with E-state index < -0.39 is 5.97 Å². The molecule has 1 N–H and O–H groups in total. The topological polar surface area (TPSA) is 64.1 Å². The molecule has 1 aromatic heterocycles. The van der Waals surface area contributed by atoms with Crippen LogP contribution in [0.2, 0.25) is 5.02 Å². The molecule has 0 atom stereocenters. The van der Waals surface area contributed by atoms with E-state index in [0.29, 0.717) is 31.7 Å². The van der Waals surface area contributed by atoms with E-state index in [1.54, 1.807) is 18.2 Å². The van der Waals surface area contributed by atoms with Gasteiger partial charge in [0.05, 0.1) is 23.9 Å². The zero-order valence-electron chi connectivity index (χ0n) is 11.2. The van der Waals surface area contributed by atoms with Gasteiger partial charge in [0.25, 0.3) is 0 Å². The fourth-order valence-electron chi connectivity index (χ4n) is 1.55. The largest absolute Gasteiger partial charge is 0.465 e. The Morgan fingerprint density at radius 1 is 1.48 bits per heavy atom. The van der Waals surface area contributed by atoms with E-state index in [4.69, 9.17) is 16.3 Å². The van der Waals surface area contributed by atoms with Crippen molar-refractivity contribution in [2.75, 3.05) is 18.7 Å². The molecule has 1 aromatic carbocycles. The highest BCUT2D eigenvalue weighted by molar-refractivity contribution is 9.10. The van der Waals surface area contributed by atoms with Gasteiger partial charge in [0.15, 0.2) is 0 Å². The molecule has 2 aromatic rings. The third kappa shape index (κ3) is 3.87. The monoisotopic (exact) mass is 387 g/mol. The van der Waals surface area contributed by atoms with Gasteiger partial charge in [-0.25, -0.2) is 14.8 Å². The molecule has 0 fully saturated rings. The lowest BCUT2D eigenvalue weighted by Gasteiger charge is -2.09. The molecular formula is C13H11BrClN3O2S. The Bertz CT molecular complexity index is 684. The number of aromatic nitrogens is 2. The van der Waals surface area contributed by atoms with Crippen molar-refractivity contribution in [2.24, 2.45) is 0 Å². The van der Waals surface area contributed by atoms with Gasteiger partial charge in [-0.15, -0.1) is 11.8 Å². The van der Waals surface area contributed by atoms with Crippen LogP contribution in [0, 0.1) is 0 Å². The molecule has 0 bridgehead atoms. The Labute approximate surface area is 139 Å². The lowest BCUT2D eigenvalue weighted by molar-refractivity contribution is 0.0599. The highest BCUT2D eigenvalue weighted by Gasteiger charge is 2.12. The van der Waals surface area contributed by atoms with Crippen LogP contribution in [0.1, 0.15) is 10.4 Å². The number of nitrogens with zero attached hydrogens (tertiary/aromatic N) is 2. The predicted molar refractivity (Wildman–Crippen MR) is 87.6 cm³/mol. The lowest BCUT2D eigenvalue weighted by Crippen LogP contribution is -2.04. The van der Waals surface area contributed by atoms with Crippen molar-refractivity contribution < 1.29 is 9.53 Å². The number of benzene rings is 1. The Balaban J connectivity index is 2.29. The van der Waals surface area contributed by atoms with Gasteiger partial charge >= 0.3 is 5.97 Å². The molecule has 21 heavy (non-hydrogen) atoms. The fraction of sp³-hybridized carbons (Fsp3) is 0.154. The van der Waals surface area contributed by atoms with Crippen molar-refractivity contribution in [1.29, 1.82) is 0 Å². The van der Waals surface area contributed by atoms with Crippen LogP contribution in [-0.2, 0) is 4.74 Å². The van der Waals surface area contributed by atoms with Crippen LogP contribution in [-0.4, -0.2) is 29.3 Å². The minimum atomic E-state index is -0.424. The molecule has 2 rings (SSSR count). The summed E-state index contributed by atoms with van der Waals surface area (Å²) in [4.78, 5) is 20.0. The highest BCUT2D eigenvalue weighted by Crippen LogP contribution is 2.26. The molecule has 8 heteroatoms. The summed E-state index contributed by atoms with van der Waals surface area (Å²) in [5, 5.41) is 4.21. The van der Waals surface area contributed by atoms with Gasteiger partial charge < -0.3 is 10.1 Å². The summed E-state index contributed by atoms with van der Waals surface area (Å²) in [6, 6.07) is 5.21. The number of carbonyl (C=O) groups excluding carboxylic acids is 1. The first-order valence-corrected chi connectivity index (χ1v) is 8.16. The number of methoxy groups -OCH3 is 1. The summed E-state index contributed by atoms with van der Waals surface area (Å²) in [5.41, 5.74) is 1.09. The molecule has 0 spiro atoms. The van der Waals surface area contributed by atoms with E-state index in [2.05, 4.69) is 31.2 Å². The number of thioether (sulfide) groups is 1. The zero-order chi connectivity index (χ0) is 15.4. The minimum absolute atomic E-state index is 0.405. The average Bonchev–Trinajstić information content (AvgIpc) is 2.50. The maximum Gasteiger partial charge on any atom is 0.339 e. The van der Waals surface area contributed by atoms with Gasteiger partial charge in [-0.2, -0.15) is 0 Å². The Hall–Kier alpha value is -1.31. The normalized spacial score (nSPS) is 10.3. The summed E-state index contributed by atoms with van der Waals surface area (Å²) in [7, 11) is 1.34. The average molecular weight is 389 g/mol. The summed E-state index contributed by atoms with van der Waals surface area (Å²) in [6.45, 7) is 0. The van der Waals surface area contributed by atoms with Crippen LogP contribution >= 0.6 is 39.3 Å². The van der Waals surface area contributed by atoms with Crippen molar-refractivity contribution in [3.63, 3.8) is 0 Å². The van der Waals surface area contributed by atoms with Crippen molar-refractivity contribution >= 4 is 56.9 Å². The standard InChI is InChI=1S/C13H11BrClN3O2S/c1-20-12(19)8-5-7(3-4-9(8)14)17-13-16-6-10(15)11(18-13)21-2/h3-6H,1-2H3,(H,16,17,18). The number of carbonyl (C=O) groups is 1. The number of nitrogens with one attached hydrogen (secondary N) is 1. The molecule has 110 valence electrons. The van der Waals surface area contributed by atoms with E-state index >= 15 is 0 Å². The van der Waals surface area contributed by atoms with Crippen LogP contribution in [0.4, 0.5) is 11.6 Å². The summed E-state index contributed by atoms with van der Waals surface area (Å²) in [6.07, 6.45) is 3.41. The summed E-state index contributed by atoms with van der Waals surface area (Å²) >= 11 is 10.7. The van der Waals surface area contributed by atoms with E-state index in [0.717, 1.165) is 0 Å². The third-order valence-corrected chi connectivity index (χ3v) is 4.31. The second kappa shape index (κ2) is 7.11. The predicted octanol–water partition coefficient (Wildman–Crippen LogP) is 4.14. The first kappa shape index (κ1) is 16.1. The van der Waals surface area contributed by atoms with Gasteiger partial charge in [0.2, 0.25) is 5.95 Å². The smallest absolute Gasteiger partial charge is 0.339 e. The molecular weight excluding hydrogens is 378 g/mol. The lowest BCUT2D eigenvalue weighted by atomic mass is 10.2. The maximum absolute atomic E-state index is 11.7. The fourth-order valence-corrected chi connectivity index (χ4v) is 2.71. The van der Waals surface area contributed by atoms with Gasteiger partial charge in [-0.3, -0.25) is 0 Å². The van der Waals surface area contributed by atoms with Crippen LogP contribution in [0.5, 0.6) is 0 Å². The molecule has 0 saturated carbocycles. The minimum Gasteiger partial charge on any atom is -0.465 e. The van der Waals surface area contributed by atoms with Crippen LogP contribution < -0.4 is 5.32 Å². The van der Waals surface area contributed by atoms with Crippen LogP contribution in [0.3, 0.4) is 0 Å². The molecule has 0 aliphatic rings. The van der Waals surface area contributed by atoms with Crippen molar-refractivity contribution in [3.8, 4) is 0 Å². The van der Waals surface area contributed by atoms with Crippen molar-refractivity contribution in [2.45, 2.75) is 5.03 Å². The number of esters is 1. The number of rotatable bonds is 4. The number of hydrogen-bond acceptors (Lipinski definition) is 6. The second-order valence-corrected chi connectivity index (χ2v) is 5.92. The summed E-state index contributed by atoms with van der Waals surface area (Å²) in [5.74, 6) is -0.0192. The van der Waals surface area contributed by atoms with E-state index in [1.165, 1.54) is 25.1 Å². The van der Waals surface area contributed by atoms with Crippen LogP contribution in [0.25, 0.3) is 0 Å². The molecule has 0 unspecified atom stereocenters. The molecule has 5 nitrogen and oxygen atoms in total. The molecule has 0 aliphatic carbocycles. The Morgan fingerprint density at radius 2 is 2.24 bits per heavy atom. The Morgan fingerprint density at radius 3 is 2.90 bits per heavy atom. The molecule has 0 saturated heterocycles. The first-order valence-electron chi connectivity index (χ1n) is 5.76. The second-order valence-electron chi connectivity index (χ2n) is 3.86. The number of anilines is 2. The van der Waals surface area contributed by atoms with Gasteiger partial charge in [-0.1, -0.05) is 11.6 Å². The molecule has 1 heterocycles. The van der Waals surface area contributed by atoms with E-state index in [1.807, 2.05) is 6.26 Å². The first-order chi connectivity index (χ1) is 10.0. The Kier molecular flexibility index (Phi) is 5.44. The maximum atomic E-state index is 11.7.